The second kappa shape index (κ2) is 23.6. The molecule has 35 heavy (non-hydrogen) atoms. The van der Waals surface area contributed by atoms with Crippen molar-refractivity contribution in [3.8, 4) is 0 Å². The fraction of sp³-hybridized carbons (Fsp3) is 0.909. The van der Waals surface area contributed by atoms with Gasteiger partial charge in [0.2, 0.25) is 0 Å². The summed E-state index contributed by atoms with van der Waals surface area (Å²) in [5.41, 5.74) is 0. The fourth-order valence-corrected chi connectivity index (χ4v) is 5.65. The molecule has 0 aliphatic rings. The van der Waals surface area contributed by atoms with Gasteiger partial charge in [-0.2, -0.15) is 0 Å². The number of unbranched alkanes of at least 4 members (excludes halogenated alkanes) is 19. The van der Waals surface area contributed by atoms with Crippen LogP contribution >= 0.6 is 0 Å². The van der Waals surface area contributed by atoms with Gasteiger partial charge in [0.05, 0.1) is 0 Å². The third kappa shape index (κ3) is 16.6. The second-order valence-electron chi connectivity index (χ2n) is 11.4. The quantitative estimate of drug-likeness (QED) is 0.118. The van der Waals surface area contributed by atoms with E-state index < -0.39 is 0 Å². The number of hydrogen-bond donors (Lipinski definition) is 0. The first-order chi connectivity index (χ1) is 17.2. The van der Waals surface area contributed by atoms with Gasteiger partial charge >= 0.3 is 0 Å². The van der Waals surface area contributed by atoms with Crippen LogP contribution < -0.4 is 0 Å². The number of nitrogens with zero attached hydrogens (tertiary/aromatic N) is 2. The molecule has 0 N–H and O–H groups in total. The van der Waals surface area contributed by atoms with Gasteiger partial charge in [-0.1, -0.05) is 156 Å². The van der Waals surface area contributed by atoms with Gasteiger partial charge in [0.1, 0.15) is 5.82 Å². The molecule has 1 heterocycles. The van der Waals surface area contributed by atoms with Crippen LogP contribution in [0.4, 0.5) is 0 Å². The molecule has 0 saturated carbocycles. The number of hydrogen-bond acceptors (Lipinski definition) is 1. The summed E-state index contributed by atoms with van der Waals surface area (Å²) in [7, 11) is 0. The van der Waals surface area contributed by atoms with Gasteiger partial charge in [0.25, 0.3) is 0 Å². The van der Waals surface area contributed by atoms with Crippen molar-refractivity contribution in [1.82, 2.24) is 9.55 Å². The second-order valence-corrected chi connectivity index (χ2v) is 11.4. The minimum Gasteiger partial charge on any atom is -0.332 e. The molecular weight excluding hydrogens is 424 g/mol. The van der Waals surface area contributed by atoms with Gasteiger partial charge in [-0.15, -0.1) is 0 Å². The lowest BCUT2D eigenvalue weighted by molar-refractivity contribution is 0.425. The van der Waals surface area contributed by atoms with Crippen LogP contribution in [0.25, 0.3) is 0 Å². The first-order valence-electron chi connectivity index (χ1n) is 16.3. The Kier molecular flexibility index (Phi) is 21.7. The van der Waals surface area contributed by atoms with Crippen LogP contribution in [-0.4, -0.2) is 9.55 Å². The molecule has 0 amide bonds. The summed E-state index contributed by atoms with van der Waals surface area (Å²) in [6.45, 7) is 9.36. The monoisotopic (exact) mass is 489 g/mol. The third-order valence-corrected chi connectivity index (χ3v) is 8.16. The van der Waals surface area contributed by atoms with Crippen LogP contribution in [0.2, 0.25) is 0 Å². The van der Waals surface area contributed by atoms with E-state index in [0.717, 1.165) is 0 Å². The van der Waals surface area contributed by atoms with E-state index in [4.69, 9.17) is 4.98 Å². The van der Waals surface area contributed by atoms with Crippen molar-refractivity contribution < 1.29 is 0 Å². The standard InChI is InChI=1S/C33H64N2/c1-5-8-10-12-14-15-16-17-18-19-20-22-23-25-27-31(4)35-30-29-34-33(35)32(7-3)28-26-24-21-13-11-9-6-2/h29-32H,5-28H2,1-4H3. The largest absolute Gasteiger partial charge is 0.332 e. The van der Waals surface area contributed by atoms with E-state index in [1.807, 2.05) is 6.20 Å². The van der Waals surface area contributed by atoms with Gasteiger partial charge in [-0.05, 0) is 26.2 Å². The SMILES string of the molecule is CCCCCCCCCCCCCCCCC(C)n1ccnc1C(CC)CCCCCCCCC. The zero-order valence-electron chi connectivity index (χ0n) is 24.7. The maximum Gasteiger partial charge on any atom is 0.111 e. The molecule has 0 aliphatic carbocycles. The summed E-state index contributed by atoms with van der Waals surface area (Å²) < 4.78 is 2.51. The van der Waals surface area contributed by atoms with Crippen LogP contribution in [0.1, 0.15) is 200 Å². The van der Waals surface area contributed by atoms with E-state index in [-0.39, 0.29) is 0 Å². The minimum absolute atomic E-state index is 0.591. The summed E-state index contributed by atoms with van der Waals surface area (Å²) in [5.74, 6) is 2.00. The molecule has 0 aromatic carbocycles. The summed E-state index contributed by atoms with van der Waals surface area (Å²) in [6.07, 6.45) is 38.0. The summed E-state index contributed by atoms with van der Waals surface area (Å²) >= 11 is 0. The zero-order valence-corrected chi connectivity index (χ0v) is 24.7. The number of imidazole rings is 1. The Morgan fingerprint density at radius 3 is 1.40 bits per heavy atom. The van der Waals surface area contributed by atoms with Crippen molar-refractivity contribution in [3.63, 3.8) is 0 Å². The van der Waals surface area contributed by atoms with Gasteiger partial charge in [0.15, 0.2) is 0 Å². The summed E-state index contributed by atoms with van der Waals surface area (Å²) in [4.78, 5) is 4.83. The highest BCUT2D eigenvalue weighted by Gasteiger charge is 2.17. The molecule has 1 aromatic heterocycles. The lowest BCUT2D eigenvalue weighted by atomic mass is 9.96. The maximum absolute atomic E-state index is 4.83. The van der Waals surface area contributed by atoms with E-state index >= 15 is 0 Å². The molecule has 2 nitrogen and oxygen atoms in total. The molecule has 0 fully saturated rings. The molecular formula is C33H64N2. The third-order valence-electron chi connectivity index (χ3n) is 8.16. The van der Waals surface area contributed by atoms with Crippen LogP contribution in [0.15, 0.2) is 12.4 Å². The first-order valence-corrected chi connectivity index (χ1v) is 16.3. The van der Waals surface area contributed by atoms with Gasteiger partial charge in [-0.25, -0.2) is 4.98 Å². The average molecular weight is 489 g/mol. The number of aromatic nitrogens is 2. The summed E-state index contributed by atoms with van der Waals surface area (Å²) in [6, 6.07) is 0.591. The van der Waals surface area contributed by atoms with Crippen LogP contribution in [0.5, 0.6) is 0 Å². The maximum atomic E-state index is 4.83. The smallest absolute Gasteiger partial charge is 0.111 e. The predicted molar refractivity (Wildman–Crippen MR) is 158 cm³/mol. The molecule has 1 aromatic rings. The Morgan fingerprint density at radius 1 is 0.571 bits per heavy atom. The minimum atomic E-state index is 0.591. The van der Waals surface area contributed by atoms with Crippen molar-refractivity contribution in [2.75, 3.05) is 0 Å². The van der Waals surface area contributed by atoms with Gasteiger partial charge in [-0.3, -0.25) is 0 Å². The molecule has 206 valence electrons. The Balaban J connectivity index is 2.10. The van der Waals surface area contributed by atoms with Crippen molar-refractivity contribution in [2.24, 2.45) is 0 Å². The van der Waals surface area contributed by atoms with Gasteiger partial charge in [0, 0.05) is 24.4 Å². The van der Waals surface area contributed by atoms with Crippen LogP contribution in [-0.2, 0) is 0 Å². The molecule has 2 unspecified atom stereocenters. The molecule has 0 spiro atoms. The first kappa shape index (κ1) is 32.2. The topological polar surface area (TPSA) is 17.8 Å². The fourth-order valence-electron chi connectivity index (χ4n) is 5.65. The Morgan fingerprint density at radius 2 is 0.971 bits per heavy atom. The molecule has 0 radical (unpaired) electrons. The summed E-state index contributed by atoms with van der Waals surface area (Å²) in [5, 5.41) is 0. The van der Waals surface area contributed by atoms with Crippen molar-refractivity contribution in [2.45, 2.75) is 194 Å². The predicted octanol–water partition coefficient (Wildman–Crippen LogP) is 11.9. The Labute approximate surface area is 221 Å². The van der Waals surface area contributed by atoms with E-state index in [0.29, 0.717) is 12.0 Å². The average Bonchev–Trinajstić information content (AvgIpc) is 3.36. The van der Waals surface area contributed by atoms with Gasteiger partial charge < -0.3 is 4.57 Å². The van der Waals surface area contributed by atoms with Crippen molar-refractivity contribution in [1.29, 1.82) is 0 Å². The van der Waals surface area contributed by atoms with Crippen LogP contribution in [0, 0.1) is 0 Å². The highest BCUT2D eigenvalue weighted by molar-refractivity contribution is 5.02. The Bertz CT molecular complexity index is 549. The van der Waals surface area contributed by atoms with E-state index in [9.17, 15) is 0 Å². The normalized spacial score (nSPS) is 13.4. The van der Waals surface area contributed by atoms with E-state index in [1.54, 1.807) is 0 Å². The molecule has 0 saturated heterocycles. The lowest BCUT2D eigenvalue weighted by Gasteiger charge is -2.21. The van der Waals surface area contributed by atoms with Crippen molar-refractivity contribution >= 4 is 0 Å². The van der Waals surface area contributed by atoms with E-state index in [1.165, 1.54) is 160 Å². The molecule has 0 bridgehead atoms. The molecule has 0 aliphatic heterocycles. The van der Waals surface area contributed by atoms with Crippen molar-refractivity contribution in [3.05, 3.63) is 18.2 Å². The van der Waals surface area contributed by atoms with Crippen LogP contribution in [0.3, 0.4) is 0 Å². The Hall–Kier alpha value is -0.790. The molecule has 2 heteroatoms. The molecule has 2 atom stereocenters. The highest BCUT2D eigenvalue weighted by atomic mass is 15.1. The zero-order chi connectivity index (χ0) is 25.4. The number of rotatable bonds is 26. The van der Waals surface area contributed by atoms with E-state index in [2.05, 4.69) is 38.5 Å². The highest BCUT2D eigenvalue weighted by Crippen LogP contribution is 2.28. The lowest BCUT2D eigenvalue weighted by Crippen LogP contribution is -2.12. The molecule has 1 rings (SSSR count).